The number of carbonyl (C=O) groups is 1. The Balaban J connectivity index is 1.76. The van der Waals surface area contributed by atoms with Crippen molar-refractivity contribution in [1.29, 1.82) is 0 Å². The van der Waals surface area contributed by atoms with Gasteiger partial charge in [0.25, 0.3) is 5.91 Å². The monoisotopic (exact) mass is 376 g/mol. The number of amides is 1. The van der Waals surface area contributed by atoms with E-state index in [0.29, 0.717) is 30.3 Å². The van der Waals surface area contributed by atoms with Gasteiger partial charge in [0.15, 0.2) is 11.5 Å². The van der Waals surface area contributed by atoms with Gasteiger partial charge in [-0.3, -0.25) is 9.78 Å². The number of benzene rings is 2. The molecule has 1 amide bonds. The standard InChI is InChI=1S/C23H24N2O3/c1-4-27-22-13-19(23(26)25-20-11-16(2)10-17(3)12-20)7-8-21(22)28-15-18-6-5-9-24-14-18/h5-14H,4,15H2,1-3H3,(H,25,26). The molecule has 1 heterocycles. The lowest BCUT2D eigenvalue weighted by molar-refractivity contribution is 0.102. The molecule has 3 rings (SSSR count). The number of rotatable bonds is 7. The smallest absolute Gasteiger partial charge is 0.255 e. The van der Waals surface area contributed by atoms with Crippen LogP contribution in [0.25, 0.3) is 0 Å². The topological polar surface area (TPSA) is 60.5 Å². The van der Waals surface area contributed by atoms with Crippen LogP contribution in [0.5, 0.6) is 11.5 Å². The van der Waals surface area contributed by atoms with Crippen molar-refractivity contribution in [1.82, 2.24) is 4.98 Å². The van der Waals surface area contributed by atoms with Crippen LogP contribution in [0.2, 0.25) is 0 Å². The summed E-state index contributed by atoms with van der Waals surface area (Å²) in [5.41, 5.74) is 4.45. The van der Waals surface area contributed by atoms with E-state index in [1.165, 1.54) is 0 Å². The summed E-state index contributed by atoms with van der Waals surface area (Å²) in [6, 6.07) is 15.0. The van der Waals surface area contributed by atoms with E-state index in [9.17, 15) is 4.79 Å². The Hall–Kier alpha value is -3.34. The van der Waals surface area contributed by atoms with Gasteiger partial charge in [0.05, 0.1) is 6.61 Å². The molecule has 1 N–H and O–H groups in total. The van der Waals surface area contributed by atoms with E-state index in [1.54, 1.807) is 30.6 Å². The number of carbonyl (C=O) groups excluding carboxylic acids is 1. The number of pyridine rings is 1. The summed E-state index contributed by atoms with van der Waals surface area (Å²) in [5.74, 6) is 0.942. The maximum absolute atomic E-state index is 12.7. The molecule has 0 aliphatic heterocycles. The van der Waals surface area contributed by atoms with Gasteiger partial charge in [-0.2, -0.15) is 0 Å². The molecule has 0 bridgehead atoms. The fraction of sp³-hybridized carbons (Fsp3) is 0.217. The molecule has 0 saturated heterocycles. The third kappa shape index (κ3) is 5.10. The van der Waals surface area contributed by atoms with Crippen LogP contribution in [0.1, 0.15) is 34.0 Å². The molecule has 5 heteroatoms. The number of nitrogens with zero attached hydrogens (tertiary/aromatic N) is 1. The van der Waals surface area contributed by atoms with Gasteiger partial charge in [0.1, 0.15) is 6.61 Å². The summed E-state index contributed by atoms with van der Waals surface area (Å²) in [7, 11) is 0. The van der Waals surface area contributed by atoms with E-state index in [2.05, 4.69) is 16.4 Å². The van der Waals surface area contributed by atoms with Crippen molar-refractivity contribution in [3.05, 3.63) is 83.2 Å². The van der Waals surface area contributed by atoms with Crippen LogP contribution >= 0.6 is 0 Å². The van der Waals surface area contributed by atoms with E-state index >= 15 is 0 Å². The molecular weight excluding hydrogens is 352 g/mol. The van der Waals surface area contributed by atoms with Crippen molar-refractivity contribution in [3.63, 3.8) is 0 Å². The van der Waals surface area contributed by atoms with Crippen molar-refractivity contribution in [3.8, 4) is 11.5 Å². The van der Waals surface area contributed by atoms with Crippen LogP contribution in [0.3, 0.4) is 0 Å². The molecule has 0 unspecified atom stereocenters. The normalized spacial score (nSPS) is 10.4. The van der Waals surface area contributed by atoms with Gasteiger partial charge in [-0.15, -0.1) is 0 Å². The van der Waals surface area contributed by atoms with Crippen molar-refractivity contribution in [2.75, 3.05) is 11.9 Å². The van der Waals surface area contributed by atoms with E-state index in [0.717, 1.165) is 22.4 Å². The molecule has 28 heavy (non-hydrogen) atoms. The number of ether oxygens (including phenoxy) is 2. The van der Waals surface area contributed by atoms with Crippen LogP contribution in [0.15, 0.2) is 60.9 Å². The first-order chi connectivity index (χ1) is 13.5. The van der Waals surface area contributed by atoms with E-state index in [4.69, 9.17) is 9.47 Å². The second kappa shape index (κ2) is 9.04. The molecule has 0 aliphatic carbocycles. The Morgan fingerprint density at radius 1 is 1.00 bits per heavy atom. The number of nitrogens with one attached hydrogen (secondary N) is 1. The Kier molecular flexibility index (Phi) is 6.27. The van der Waals surface area contributed by atoms with Crippen LogP contribution in [0, 0.1) is 13.8 Å². The van der Waals surface area contributed by atoms with Gasteiger partial charge in [0.2, 0.25) is 0 Å². The van der Waals surface area contributed by atoms with Crippen molar-refractivity contribution < 1.29 is 14.3 Å². The average molecular weight is 376 g/mol. The molecule has 2 aromatic carbocycles. The highest BCUT2D eigenvalue weighted by atomic mass is 16.5. The lowest BCUT2D eigenvalue weighted by Crippen LogP contribution is -2.12. The fourth-order valence-corrected chi connectivity index (χ4v) is 2.93. The number of aromatic nitrogens is 1. The largest absolute Gasteiger partial charge is 0.490 e. The molecule has 0 fully saturated rings. The second-order valence-electron chi connectivity index (χ2n) is 6.57. The Morgan fingerprint density at radius 2 is 1.79 bits per heavy atom. The molecule has 0 radical (unpaired) electrons. The summed E-state index contributed by atoms with van der Waals surface area (Å²) in [6.07, 6.45) is 3.48. The third-order valence-electron chi connectivity index (χ3n) is 4.10. The quantitative estimate of drug-likeness (QED) is 0.635. The first-order valence-corrected chi connectivity index (χ1v) is 9.23. The van der Waals surface area contributed by atoms with Crippen LogP contribution < -0.4 is 14.8 Å². The first-order valence-electron chi connectivity index (χ1n) is 9.23. The number of aryl methyl sites for hydroxylation is 2. The van der Waals surface area contributed by atoms with Gasteiger partial charge in [0, 0.05) is 29.2 Å². The molecular formula is C23H24N2O3. The molecule has 0 spiro atoms. The third-order valence-corrected chi connectivity index (χ3v) is 4.10. The molecule has 0 saturated carbocycles. The lowest BCUT2D eigenvalue weighted by Gasteiger charge is -2.14. The Morgan fingerprint density at radius 3 is 2.46 bits per heavy atom. The molecule has 5 nitrogen and oxygen atoms in total. The molecule has 1 aromatic heterocycles. The Labute approximate surface area is 165 Å². The zero-order valence-electron chi connectivity index (χ0n) is 16.4. The van der Waals surface area contributed by atoms with Gasteiger partial charge >= 0.3 is 0 Å². The van der Waals surface area contributed by atoms with Crippen molar-refractivity contribution >= 4 is 11.6 Å². The number of hydrogen-bond acceptors (Lipinski definition) is 4. The van der Waals surface area contributed by atoms with Gasteiger partial charge in [-0.25, -0.2) is 0 Å². The highest BCUT2D eigenvalue weighted by Crippen LogP contribution is 2.29. The summed E-state index contributed by atoms with van der Waals surface area (Å²) < 4.78 is 11.5. The summed E-state index contributed by atoms with van der Waals surface area (Å²) in [6.45, 7) is 6.76. The minimum atomic E-state index is -0.190. The van der Waals surface area contributed by atoms with Crippen LogP contribution in [-0.4, -0.2) is 17.5 Å². The van der Waals surface area contributed by atoms with Gasteiger partial charge in [-0.05, 0) is 68.3 Å². The predicted molar refractivity (Wildman–Crippen MR) is 110 cm³/mol. The minimum Gasteiger partial charge on any atom is -0.490 e. The average Bonchev–Trinajstić information content (AvgIpc) is 2.67. The zero-order chi connectivity index (χ0) is 19.9. The second-order valence-corrected chi connectivity index (χ2v) is 6.57. The number of anilines is 1. The molecule has 0 aliphatic rings. The molecule has 3 aromatic rings. The highest BCUT2D eigenvalue weighted by Gasteiger charge is 2.13. The summed E-state index contributed by atoms with van der Waals surface area (Å²) in [4.78, 5) is 16.7. The minimum absolute atomic E-state index is 0.190. The van der Waals surface area contributed by atoms with Gasteiger partial charge < -0.3 is 14.8 Å². The zero-order valence-corrected chi connectivity index (χ0v) is 16.4. The maximum Gasteiger partial charge on any atom is 0.255 e. The van der Waals surface area contributed by atoms with Crippen LogP contribution in [0.4, 0.5) is 5.69 Å². The first kappa shape index (κ1) is 19.4. The van der Waals surface area contributed by atoms with E-state index in [1.807, 2.05) is 45.0 Å². The van der Waals surface area contributed by atoms with Crippen molar-refractivity contribution in [2.24, 2.45) is 0 Å². The predicted octanol–water partition coefficient (Wildman–Crippen LogP) is 4.93. The Bertz CT molecular complexity index is 935. The molecule has 144 valence electrons. The maximum atomic E-state index is 12.7. The molecule has 0 atom stereocenters. The fourth-order valence-electron chi connectivity index (χ4n) is 2.93. The summed E-state index contributed by atoms with van der Waals surface area (Å²) in [5, 5.41) is 2.94. The van der Waals surface area contributed by atoms with Crippen LogP contribution in [-0.2, 0) is 6.61 Å². The van der Waals surface area contributed by atoms with E-state index < -0.39 is 0 Å². The lowest BCUT2D eigenvalue weighted by atomic mass is 10.1. The summed E-state index contributed by atoms with van der Waals surface area (Å²) >= 11 is 0. The van der Waals surface area contributed by atoms with E-state index in [-0.39, 0.29) is 5.91 Å². The highest BCUT2D eigenvalue weighted by molar-refractivity contribution is 6.04. The SMILES string of the molecule is CCOc1cc(C(=O)Nc2cc(C)cc(C)c2)ccc1OCc1cccnc1. The van der Waals surface area contributed by atoms with Crippen molar-refractivity contribution in [2.45, 2.75) is 27.4 Å². The van der Waals surface area contributed by atoms with Gasteiger partial charge in [-0.1, -0.05) is 12.1 Å². The number of hydrogen-bond donors (Lipinski definition) is 1.